The van der Waals surface area contributed by atoms with Crippen LogP contribution in [0.15, 0.2) is 53.1 Å². The Balaban J connectivity index is 1.79. The molecule has 0 saturated carbocycles. The molecule has 1 aromatic carbocycles. The van der Waals surface area contributed by atoms with Crippen molar-refractivity contribution < 1.29 is 9.59 Å². The molecule has 3 heterocycles. The number of nitriles is 1. The molecule has 0 aliphatic carbocycles. The Labute approximate surface area is 179 Å². The van der Waals surface area contributed by atoms with Crippen molar-refractivity contribution in [2.24, 2.45) is 7.05 Å². The zero-order chi connectivity index (χ0) is 21.6. The summed E-state index contributed by atoms with van der Waals surface area (Å²) in [7, 11) is 2.03. The number of likely N-dealkylation sites (N-methyl/N-ethyl adjacent to an activating group) is 1. The summed E-state index contributed by atoms with van der Waals surface area (Å²) in [6, 6.07) is 14.6. The Morgan fingerprint density at radius 1 is 1.10 bits per heavy atom. The molecule has 2 amide bonds. The van der Waals surface area contributed by atoms with E-state index in [2.05, 4.69) is 41.8 Å². The quantitative estimate of drug-likeness (QED) is 0.455. The molecule has 0 N–H and O–H groups in total. The number of thiophene rings is 1. The highest BCUT2D eigenvalue weighted by atomic mass is 32.1. The molecule has 0 spiro atoms. The lowest BCUT2D eigenvalue weighted by molar-refractivity contribution is -0.140. The summed E-state index contributed by atoms with van der Waals surface area (Å²) in [5.74, 6) is -0.865. The van der Waals surface area contributed by atoms with Gasteiger partial charge in [-0.3, -0.25) is 14.5 Å². The maximum absolute atomic E-state index is 12.8. The molecule has 0 radical (unpaired) electrons. The van der Waals surface area contributed by atoms with E-state index in [9.17, 15) is 14.9 Å². The molecule has 2 aromatic heterocycles. The van der Waals surface area contributed by atoms with Gasteiger partial charge in [-0.15, -0.1) is 11.3 Å². The van der Waals surface area contributed by atoms with Crippen molar-refractivity contribution in [3.63, 3.8) is 0 Å². The van der Waals surface area contributed by atoms with Crippen LogP contribution in [-0.2, 0) is 16.6 Å². The molecule has 0 bridgehead atoms. The highest BCUT2D eigenvalue weighted by Gasteiger charge is 2.34. The fraction of sp³-hybridized carbons (Fsp3) is 0.208. The van der Waals surface area contributed by atoms with Crippen LogP contribution in [0, 0.1) is 18.3 Å². The molecule has 150 valence electrons. The minimum Gasteiger partial charge on any atom is -0.343 e. The van der Waals surface area contributed by atoms with Crippen LogP contribution < -0.4 is 0 Å². The zero-order valence-corrected chi connectivity index (χ0v) is 18.1. The monoisotopic (exact) mass is 415 g/mol. The molecule has 0 saturated heterocycles. The molecule has 0 fully saturated rings. The van der Waals surface area contributed by atoms with Crippen molar-refractivity contribution in [3.05, 3.63) is 63.6 Å². The van der Waals surface area contributed by atoms with Gasteiger partial charge in [-0.05, 0) is 50.1 Å². The fourth-order valence-electron chi connectivity index (χ4n) is 3.76. The number of rotatable bonds is 3. The van der Waals surface area contributed by atoms with Crippen LogP contribution in [0.1, 0.15) is 24.3 Å². The minimum absolute atomic E-state index is 0.0328. The lowest BCUT2D eigenvalue weighted by Gasteiger charge is -2.26. The molecule has 4 rings (SSSR count). The van der Waals surface area contributed by atoms with Crippen molar-refractivity contribution in [2.45, 2.75) is 20.8 Å². The molecular formula is C24H21N3O2S. The Morgan fingerprint density at radius 3 is 2.40 bits per heavy atom. The number of fused-ring (bicyclic) bond motifs is 1. The number of imide groups is 1. The molecule has 0 atom stereocenters. The first-order valence-corrected chi connectivity index (χ1v) is 10.5. The van der Waals surface area contributed by atoms with E-state index in [0.29, 0.717) is 11.1 Å². The maximum atomic E-state index is 12.8. The first kappa shape index (κ1) is 19.9. The Hall–Kier alpha value is -3.43. The van der Waals surface area contributed by atoms with E-state index in [0.717, 1.165) is 31.3 Å². The van der Waals surface area contributed by atoms with Gasteiger partial charge in [0, 0.05) is 29.7 Å². The highest BCUT2D eigenvalue weighted by molar-refractivity contribution is 7.19. The number of benzene rings is 1. The van der Waals surface area contributed by atoms with Gasteiger partial charge < -0.3 is 4.57 Å². The lowest BCUT2D eigenvalue weighted by Crippen LogP contribution is -2.42. The third-order valence-electron chi connectivity index (χ3n) is 5.53. The van der Waals surface area contributed by atoms with Gasteiger partial charge >= 0.3 is 0 Å². The standard InChI is InChI=1S/C24H21N3O2S/c1-5-27-23(28)18(15(3)19(13-25)24(27)29)10-17-11-21-22(30-17)12-20(26(21)4)16-8-6-14(2)7-9-16/h6-12H,5H2,1-4H3/b18-10-. The van der Waals surface area contributed by atoms with Crippen molar-refractivity contribution in [1.29, 1.82) is 5.26 Å². The second-order valence-corrected chi connectivity index (χ2v) is 8.49. The molecule has 5 nitrogen and oxygen atoms in total. The van der Waals surface area contributed by atoms with Crippen LogP contribution in [0.3, 0.4) is 0 Å². The number of carbonyl (C=O) groups excluding carboxylic acids is 2. The molecule has 1 aliphatic rings. The molecule has 6 heteroatoms. The van der Waals surface area contributed by atoms with Gasteiger partial charge in [-0.2, -0.15) is 5.26 Å². The summed E-state index contributed by atoms with van der Waals surface area (Å²) in [5.41, 5.74) is 5.47. The Bertz CT molecular complexity index is 1300. The van der Waals surface area contributed by atoms with Crippen LogP contribution in [0.25, 0.3) is 27.6 Å². The topological polar surface area (TPSA) is 66.1 Å². The SMILES string of the molecule is CCN1C(=O)C(C#N)=C(C)/C(=C/c2cc3c(cc(-c4ccc(C)cc4)n3C)s2)C1=O. The van der Waals surface area contributed by atoms with E-state index in [-0.39, 0.29) is 18.0 Å². The van der Waals surface area contributed by atoms with Gasteiger partial charge in [0.2, 0.25) is 0 Å². The van der Waals surface area contributed by atoms with E-state index < -0.39 is 5.91 Å². The summed E-state index contributed by atoms with van der Waals surface area (Å²) in [6.45, 7) is 5.70. The van der Waals surface area contributed by atoms with Gasteiger partial charge in [-0.1, -0.05) is 29.8 Å². The predicted molar refractivity (Wildman–Crippen MR) is 120 cm³/mol. The lowest BCUT2D eigenvalue weighted by atomic mass is 9.95. The minimum atomic E-state index is -0.515. The molecule has 1 aliphatic heterocycles. The molecule has 3 aromatic rings. The van der Waals surface area contributed by atoms with Crippen LogP contribution in [0.5, 0.6) is 0 Å². The number of hydrogen-bond donors (Lipinski definition) is 0. The summed E-state index contributed by atoms with van der Waals surface area (Å²) in [4.78, 5) is 27.2. The number of aromatic nitrogens is 1. The number of amides is 2. The maximum Gasteiger partial charge on any atom is 0.271 e. The van der Waals surface area contributed by atoms with Crippen LogP contribution >= 0.6 is 11.3 Å². The van der Waals surface area contributed by atoms with Crippen molar-refractivity contribution in [1.82, 2.24) is 9.47 Å². The number of nitrogens with zero attached hydrogens (tertiary/aromatic N) is 3. The fourth-order valence-corrected chi connectivity index (χ4v) is 4.83. The van der Waals surface area contributed by atoms with Crippen molar-refractivity contribution in [3.8, 4) is 17.3 Å². The van der Waals surface area contributed by atoms with E-state index >= 15 is 0 Å². The average Bonchev–Trinajstić information content (AvgIpc) is 3.25. The van der Waals surface area contributed by atoms with Crippen LogP contribution in [0.2, 0.25) is 0 Å². The highest BCUT2D eigenvalue weighted by Crippen LogP contribution is 2.35. The molecule has 30 heavy (non-hydrogen) atoms. The summed E-state index contributed by atoms with van der Waals surface area (Å²) >= 11 is 1.59. The van der Waals surface area contributed by atoms with Gasteiger partial charge in [0.15, 0.2) is 0 Å². The predicted octanol–water partition coefficient (Wildman–Crippen LogP) is 4.83. The van der Waals surface area contributed by atoms with Gasteiger partial charge in [0.25, 0.3) is 11.8 Å². The summed E-state index contributed by atoms with van der Waals surface area (Å²) < 4.78 is 3.26. The second kappa shape index (κ2) is 7.43. The van der Waals surface area contributed by atoms with Crippen molar-refractivity contribution >= 4 is 39.4 Å². The Morgan fingerprint density at radius 2 is 1.80 bits per heavy atom. The molecule has 0 unspecified atom stereocenters. The third-order valence-corrected chi connectivity index (χ3v) is 6.54. The second-order valence-electron chi connectivity index (χ2n) is 7.38. The van der Waals surface area contributed by atoms with E-state index in [1.54, 1.807) is 31.3 Å². The molecular weight excluding hydrogens is 394 g/mol. The summed E-state index contributed by atoms with van der Waals surface area (Å²) in [5, 5.41) is 9.39. The van der Waals surface area contributed by atoms with Crippen LogP contribution in [0.4, 0.5) is 0 Å². The van der Waals surface area contributed by atoms with E-state index in [4.69, 9.17) is 0 Å². The van der Waals surface area contributed by atoms with E-state index in [1.807, 2.05) is 19.2 Å². The smallest absolute Gasteiger partial charge is 0.271 e. The number of carbonyl (C=O) groups is 2. The van der Waals surface area contributed by atoms with Crippen molar-refractivity contribution in [2.75, 3.05) is 6.54 Å². The number of hydrogen-bond acceptors (Lipinski definition) is 4. The van der Waals surface area contributed by atoms with Gasteiger partial charge in [-0.25, -0.2) is 0 Å². The zero-order valence-electron chi connectivity index (χ0n) is 17.3. The first-order valence-electron chi connectivity index (χ1n) is 9.71. The Kier molecular flexibility index (Phi) is 4.92. The summed E-state index contributed by atoms with van der Waals surface area (Å²) in [6.07, 6.45) is 1.79. The van der Waals surface area contributed by atoms with Gasteiger partial charge in [0.1, 0.15) is 11.6 Å². The largest absolute Gasteiger partial charge is 0.343 e. The normalized spacial score (nSPS) is 16.1. The third kappa shape index (κ3) is 3.08. The van der Waals surface area contributed by atoms with E-state index in [1.165, 1.54) is 5.56 Å². The first-order chi connectivity index (χ1) is 14.3. The van der Waals surface area contributed by atoms with Gasteiger partial charge in [0.05, 0.1) is 10.2 Å². The number of aryl methyl sites for hydroxylation is 2. The average molecular weight is 416 g/mol. The van der Waals surface area contributed by atoms with Crippen LogP contribution in [-0.4, -0.2) is 27.8 Å².